The van der Waals surface area contributed by atoms with E-state index < -0.39 is 0 Å². The maximum Gasteiger partial charge on any atom is 0.161 e. The Bertz CT molecular complexity index is 1110. The number of nitrogens with zero attached hydrogens (tertiary/aromatic N) is 3. The lowest BCUT2D eigenvalue weighted by molar-refractivity contribution is 1.16. The Labute approximate surface area is 150 Å². The van der Waals surface area contributed by atoms with Crippen molar-refractivity contribution in [1.29, 1.82) is 5.26 Å². The van der Waals surface area contributed by atoms with Gasteiger partial charge in [0.2, 0.25) is 0 Å². The fourth-order valence-electron chi connectivity index (χ4n) is 2.79. The van der Waals surface area contributed by atoms with Crippen LogP contribution in [0, 0.1) is 11.3 Å². The van der Waals surface area contributed by atoms with Gasteiger partial charge in [0, 0.05) is 11.1 Å². The Hall–Kier alpha value is -3.22. The van der Waals surface area contributed by atoms with Gasteiger partial charge in [0.15, 0.2) is 11.0 Å². The van der Waals surface area contributed by atoms with Gasteiger partial charge >= 0.3 is 0 Å². The zero-order valence-electron chi connectivity index (χ0n) is 13.1. The third kappa shape index (κ3) is 2.84. The van der Waals surface area contributed by atoms with E-state index in [1.54, 1.807) is 0 Å². The summed E-state index contributed by atoms with van der Waals surface area (Å²) in [6.07, 6.45) is 0. The Balaban J connectivity index is 1.95. The molecule has 0 aliphatic rings. The maximum atomic E-state index is 9.52. The molecule has 1 aromatic heterocycles. The molecule has 4 heteroatoms. The van der Waals surface area contributed by atoms with Crippen molar-refractivity contribution in [2.24, 2.45) is 0 Å². The van der Waals surface area contributed by atoms with E-state index >= 15 is 0 Å². The molecular formula is C21H12ClN3. The van der Waals surface area contributed by atoms with E-state index in [9.17, 15) is 5.26 Å². The molecule has 0 saturated heterocycles. The number of nitriles is 1. The summed E-state index contributed by atoms with van der Waals surface area (Å²) in [7, 11) is 0. The standard InChI is InChI=1S/C21H12ClN3/c22-20-18(13-23)19(24-21(25-20)15-7-2-1-3-8-15)17-11-10-14-6-4-5-9-16(14)12-17/h1-12H. The number of rotatable bonds is 2. The summed E-state index contributed by atoms with van der Waals surface area (Å²) in [5, 5.41) is 11.9. The van der Waals surface area contributed by atoms with E-state index in [0.29, 0.717) is 11.5 Å². The zero-order valence-corrected chi connectivity index (χ0v) is 13.9. The number of fused-ring (bicyclic) bond motifs is 1. The van der Waals surface area contributed by atoms with Gasteiger partial charge < -0.3 is 0 Å². The monoisotopic (exact) mass is 341 g/mol. The fourth-order valence-corrected chi connectivity index (χ4v) is 3.01. The van der Waals surface area contributed by atoms with E-state index in [1.807, 2.05) is 72.8 Å². The van der Waals surface area contributed by atoms with Gasteiger partial charge in [0.1, 0.15) is 11.6 Å². The van der Waals surface area contributed by atoms with Crippen LogP contribution in [0.4, 0.5) is 0 Å². The summed E-state index contributed by atoms with van der Waals surface area (Å²) >= 11 is 6.28. The summed E-state index contributed by atoms with van der Waals surface area (Å²) in [5.74, 6) is 0.507. The van der Waals surface area contributed by atoms with Crippen molar-refractivity contribution in [2.75, 3.05) is 0 Å². The molecule has 0 saturated carbocycles. The second kappa shape index (κ2) is 6.35. The highest BCUT2D eigenvalue weighted by Crippen LogP contribution is 2.30. The molecule has 0 radical (unpaired) electrons. The molecule has 3 aromatic carbocycles. The van der Waals surface area contributed by atoms with Crippen molar-refractivity contribution in [3.63, 3.8) is 0 Å². The first-order chi connectivity index (χ1) is 12.3. The van der Waals surface area contributed by atoms with Crippen molar-refractivity contribution in [1.82, 2.24) is 9.97 Å². The number of halogens is 1. The van der Waals surface area contributed by atoms with Crippen molar-refractivity contribution < 1.29 is 0 Å². The summed E-state index contributed by atoms with van der Waals surface area (Å²) < 4.78 is 0. The molecule has 0 atom stereocenters. The van der Waals surface area contributed by atoms with Gasteiger partial charge in [0.05, 0.1) is 5.69 Å². The molecule has 0 amide bonds. The normalized spacial score (nSPS) is 10.6. The van der Waals surface area contributed by atoms with Crippen molar-refractivity contribution in [3.8, 4) is 28.7 Å². The Morgan fingerprint density at radius 1 is 0.760 bits per heavy atom. The minimum atomic E-state index is 0.166. The van der Waals surface area contributed by atoms with Gasteiger partial charge in [-0.2, -0.15) is 5.26 Å². The van der Waals surface area contributed by atoms with Crippen LogP contribution in [0.2, 0.25) is 5.15 Å². The van der Waals surface area contributed by atoms with E-state index in [-0.39, 0.29) is 10.7 Å². The molecule has 0 spiro atoms. The molecule has 3 nitrogen and oxygen atoms in total. The molecule has 25 heavy (non-hydrogen) atoms. The van der Waals surface area contributed by atoms with Crippen LogP contribution >= 0.6 is 11.6 Å². The zero-order chi connectivity index (χ0) is 17.2. The molecule has 4 aromatic rings. The highest BCUT2D eigenvalue weighted by molar-refractivity contribution is 6.31. The van der Waals surface area contributed by atoms with E-state index in [4.69, 9.17) is 11.6 Å². The van der Waals surface area contributed by atoms with Gasteiger partial charge in [-0.25, -0.2) is 9.97 Å². The van der Waals surface area contributed by atoms with Crippen LogP contribution in [0.5, 0.6) is 0 Å². The van der Waals surface area contributed by atoms with Gasteiger partial charge in [-0.3, -0.25) is 0 Å². The molecule has 0 bridgehead atoms. The van der Waals surface area contributed by atoms with Crippen molar-refractivity contribution in [2.45, 2.75) is 0 Å². The van der Waals surface area contributed by atoms with E-state index in [2.05, 4.69) is 16.0 Å². The van der Waals surface area contributed by atoms with Crippen LogP contribution in [0.1, 0.15) is 5.56 Å². The maximum absolute atomic E-state index is 9.52. The SMILES string of the molecule is N#Cc1c(Cl)nc(-c2ccccc2)nc1-c1ccc2ccccc2c1. The fraction of sp³-hybridized carbons (Fsp3) is 0. The summed E-state index contributed by atoms with van der Waals surface area (Å²) in [6.45, 7) is 0. The summed E-state index contributed by atoms with van der Waals surface area (Å²) in [6, 6.07) is 25.8. The topological polar surface area (TPSA) is 49.6 Å². The lowest BCUT2D eigenvalue weighted by Gasteiger charge is -2.09. The minimum absolute atomic E-state index is 0.166. The number of hydrogen-bond donors (Lipinski definition) is 0. The van der Waals surface area contributed by atoms with Gasteiger partial charge in [-0.05, 0) is 16.8 Å². The molecule has 0 unspecified atom stereocenters. The van der Waals surface area contributed by atoms with E-state index in [0.717, 1.165) is 21.9 Å². The minimum Gasteiger partial charge on any atom is -0.226 e. The largest absolute Gasteiger partial charge is 0.226 e. The summed E-state index contributed by atoms with van der Waals surface area (Å²) in [5.41, 5.74) is 2.54. The van der Waals surface area contributed by atoms with Crippen LogP contribution in [0.25, 0.3) is 33.4 Å². The lowest BCUT2D eigenvalue weighted by atomic mass is 10.0. The lowest BCUT2D eigenvalue weighted by Crippen LogP contribution is -1.98. The highest BCUT2D eigenvalue weighted by atomic mass is 35.5. The average molecular weight is 342 g/mol. The second-order valence-corrected chi connectivity index (χ2v) is 5.96. The van der Waals surface area contributed by atoms with Crippen LogP contribution < -0.4 is 0 Å². The Morgan fingerprint density at radius 2 is 1.48 bits per heavy atom. The van der Waals surface area contributed by atoms with Gasteiger partial charge in [-0.1, -0.05) is 78.3 Å². The third-order valence-electron chi connectivity index (χ3n) is 4.03. The molecule has 1 heterocycles. The van der Waals surface area contributed by atoms with Crippen LogP contribution in [-0.4, -0.2) is 9.97 Å². The Morgan fingerprint density at radius 3 is 2.24 bits per heavy atom. The second-order valence-electron chi connectivity index (χ2n) is 5.60. The quantitative estimate of drug-likeness (QED) is 0.453. The molecule has 0 fully saturated rings. The predicted octanol–water partition coefficient (Wildman–Crippen LogP) is 5.49. The first kappa shape index (κ1) is 15.3. The van der Waals surface area contributed by atoms with Crippen molar-refractivity contribution >= 4 is 22.4 Å². The predicted molar refractivity (Wildman–Crippen MR) is 100 cm³/mol. The molecule has 0 aliphatic heterocycles. The van der Waals surface area contributed by atoms with Crippen LogP contribution in [-0.2, 0) is 0 Å². The number of benzene rings is 3. The number of aromatic nitrogens is 2. The molecule has 0 N–H and O–H groups in total. The first-order valence-corrected chi connectivity index (χ1v) is 8.16. The van der Waals surface area contributed by atoms with E-state index in [1.165, 1.54) is 0 Å². The van der Waals surface area contributed by atoms with Crippen LogP contribution in [0.15, 0.2) is 72.8 Å². The average Bonchev–Trinajstić information content (AvgIpc) is 2.67. The third-order valence-corrected chi connectivity index (χ3v) is 4.31. The van der Waals surface area contributed by atoms with Gasteiger partial charge in [-0.15, -0.1) is 0 Å². The molecule has 0 aliphatic carbocycles. The van der Waals surface area contributed by atoms with Gasteiger partial charge in [0.25, 0.3) is 0 Å². The Kier molecular flexibility index (Phi) is 3.89. The highest BCUT2D eigenvalue weighted by Gasteiger charge is 2.16. The summed E-state index contributed by atoms with van der Waals surface area (Å²) in [4.78, 5) is 8.93. The molecule has 118 valence electrons. The molecular weight excluding hydrogens is 330 g/mol. The first-order valence-electron chi connectivity index (χ1n) is 7.78. The molecule has 4 rings (SSSR count). The smallest absolute Gasteiger partial charge is 0.161 e. The number of hydrogen-bond acceptors (Lipinski definition) is 3. The van der Waals surface area contributed by atoms with Crippen molar-refractivity contribution in [3.05, 3.63) is 83.5 Å². The van der Waals surface area contributed by atoms with Crippen LogP contribution in [0.3, 0.4) is 0 Å².